The Morgan fingerprint density at radius 1 is 1.33 bits per heavy atom. The van der Waals surface area contributed by atoms with Crippen LogP contribution < -0.4 is 10.5 Å². The molecule has 1 atom stereocenters. The molecule has 1 aromatic carbocycles. The molecule has 0 fully saturated rings. The van der Waals surface area contributed by atoms with E-state index in [1.54, 1.807) is 0 Å². The normalized spacial score (nSPS) is 17.5. The largest absolute Gasteiger partial charge is 0.494 e. The van der Waals surface area contributed by atoms with Crippen molar-refractivity contribution in [1.82, 2.24) is 9.55 Å². The minimum atomic E-state index is 0.673. The van der Waals surface area contributed by atoms with Gasteiger partial charge in [0.15, 0.2) is 0 Å². The zero-order chi connectivity index (χ0) is 14.8. The van der Waals surface area contributed by atoms with Crippen LogP contribution in [-0.2, 0) is 13.0 Å². The molecule has 1 aliphatic heterocycles. The van der Waals surface area contributed by atoms with Gasteiger partial charge in [0.1, 0.15) is 23.1 Å². The van der Waals surface area contributed by atoms with Crippen LogP contribution in [0.2, 0.25) is 0 Å². The second-order valence-electron chi connectivity index (χ2n) is 5.89. The lowest BCUT2D eigenvalue weighted by Gasteiger charge is -2.20. The molecule has 0 radical (unpaired) electrons. The van der Waals surface area contributed by atoms with Crippen LogP contribution in [0.5, 0.6) is 5.75 Å². The Balaban J connectivity index is 1.87. The van der Waals surface area contributed by atoms with E-state index in [2.05, 4.69) is 18.4 Å². The molecule has 0 saturated carbocycles. The number of aryl methyl sites for hydroxylation is 1. The monoisotopic (exact) mass is 285 g/mol. The van der Waals surface area contributed by atoms with Gasteiger partial charge in [0.05, 0.1) is 6.61 Å². The minimum absolute atomic E-state index is 0.673. The minimum Gasteiger partial charge on any atom is -0.494 e. The van der Waals surface area contributed by atoms with Gasteiger partial charge in [-0.05, 0) is 43.0 Å². The highest BCUT2D eigenvalue weighted by molar-refractivity contribution is 5.71. The van der Waals surface area contributed by atoms with Crippen molar-refractivity contribution in [3.05, 3.63) is 30.1 Å². The van der Waals surface area contributed by atoms with Crippen molar-refractivity contribution >= 4 is 5.82 Å². The molecule has 0 saturated heterocycles. The van der Waals surface area contributed by atoms with Crippen molar-refractivity contribution in [1.29, 1.82) is 0 Å². The fourth-order valence-corrected chi connectivity index (χ4v) is 2.83. The Hall–Kier alpha value is -1.97. The smallest absolute Gasteiger partial charge is 0.131 e. The summed E-state index contributed by atoms with van der Waals surface area (Å²) >= 11 is 0. The molecule has 1 aliphatic rings. The van der Waals surface area contributed by atoms with Gasteiger partial charge in [-0.2, -0.15) is 0 Å². The maximum absolute atomic E-state index is 6.31. The second-order valence-corrected chi connectivity index (χ2v) is 5.89. The fraction of sp³-hybridized carbons (Fsp3) is 0.471. The van der Waals surface area contributed by atoms with Crippen LogP contribution in [0, 0.1) is 5.92 Å². The summed E-state index contributed by atoms with van der Waals surface area (Å²) in [6.45, 7) is 6.09. The molecule has 1 aromatic heterocycles. The molecule has 2 heterocycles. The number of rotatable bonds is 4. The summed E-state index contributed by atoms with van der Waals surface area (Å²) in [5.41, 5.74) is 8.27. The number of benzene rings is 1. The van der Waals surface area contributed by atoms with Crippen LogP contribution >= 0.6 is 0 Å². The zero-order valence-corrected chi connectivity index (χ0v) is 12.8. The molecule has 2 aromatic rings. The summed E-state index contributed by atoms with van der Waals surface area (Å²) in [6.07, 6.45) is 3.23. The van der Waals surface area contributed by atoms with Gasteiger partial charge in [0.2, 0.25) is 0 Å². The fourth-order valence-electron chi connectivity index (χ4n) is 2.83. The van der Waals surface area contributed by atoms with Crippen LogP contribution in [0.3, 0.4) is 0 Å². The number of aromatic nitrogens is 2. The van der Waals surface area contributed by atoms with Crippen molar-refractivity contribution in [2.75, 3.05) is 12.3 Å². The first kappa shape index (κ1) is 14.0. The van der Waals surface area contributed by atoms with Gasteiger partial charge >= 0.3 is 0 Å². The first-order chi connectivity index (χ1) is 10.2. The molecule has 0 bridgehead atoms. The van der Waals surface area contributed by atoms with Crippen molar-refractivity contribution < 1.29 is 4.74 Å². The predicted molar refractivity (Wildman–Crippen MR) is 85.3 cm³/mol. The topological polar surface area (TPSA) is 53.1 Å². The number of anilines is 1. The molecular weight excluding hydrogens is 262 g/mol. The average Bonchev–Trinajstić information content (AvgIpc) is 2.83. The maximum Gasteiger partial charge on any atom is 0.131 e. The summed E-state index contributed by atoms with van der Waals surface area (Å²) in [5, 5.41) is 0. The second kappa shape index (κ2) is 5.80. The third-order valence-corrected chi connectivity index (χ3v) is 4.04. The molecular formula is C17H23N3O. The Kier molecular flexibility index (Phi) is 3.86. The summed E-state index contributed by atoms with van der Waals surface area (Å²) < 4.78 is 7.79. The third kappa shape index (κ3) is 2.75. The Labute approximate surface area is 125 Å². The third-order valence-electron chi connectivity index (χ3n) is 4.04. The SMILES string of the molecule is CCCOc1ccc(-c2nc3n(c2N)CC(C)CC3)cc1. The quantitative estimate of drug-likeness (QED) is 0.935. The Morgan fingerprint density at radius 3 is 2.81 bits per heavy atom. The van der Waals surface area contributed by atoms with E-state index in [1.165, 1.54) is 6.42 Å². The van der Waals surface area contributed by atoms with E-state index in [0.29, 0.717) is 5.92 Å². The highest BCUT2D eigenvalue weighted by atomic mass is 16.5. The summed E-state index contributed by atoms with van der Waals surface area (Å²) in [6, 6.07) is 8.06. The van der Waals surface area contributed by atoms with Crippen molar-refractivity contribution in [2.24, 2.45) is 5.92 Å². The van der Waals surface area contributed by atoms with Crippen LogP contribution in [0.1, 0.15) is 32.5 Å². The number of ether oxygens (including phenoxy) is 1. The van der Waals surface area contributed by atoms with Crippen LogP contribution in [0.4, 0.5) is 5.82 Å². The van der Waals surface area contributed by atoms with Crippen LogP contribution in [0.15, 0.2) is 24.3 Å². The maximum atomic E-state index is 6.31. The number of hydrogen-bond acceptors (Lipinski definition) is 3. The molecule has 3 rings (SSSR count). The molecule has 0 aliphatic carbocycles. The lowest BCUT2D eigenvalue weighted by Crippen LogP contribution is -2.19. The molecule has 0 spiro atoms. The predicted octanol–water partition coefficient (Wildman–Crippen LogP) is 3.50. The van der Waals surface area contributed by atoms with E-state index in [-0.39, 0.29) is 0 Å². The average molecular weight is 285 g/mol. The standard InChI is InChI=1S/C17H23N3O/c1-3-10-21-14-7-5-13(6-8-14)16-17(18)20-11-12(2)4-9-15(20)19-16/h5-8,12H,3-4,9-11,18H2,1-2H3. The van der Waals surface area contributed by atoms with E-state index >= 15 is 0 Å². The van der Waals surface area contributed by atoms with Crippen LogP contribution in [0.25, 0.3) is 11.3 Å². The number of nitrogen functional groups attached to an aromatic ring is 1. The summed E-state index contributed by atoms with van der Waals surface area (Å²) in [4.78, 5) is 4.74. The van der Waals surface area contributed by atoms with E-state index < -0.39 is 0 Å². The van der Waals surface area contributed by atoms with Gasteiger partial charge in [-0.1, -0.05) is 13.8 Å². The number of imidazole rings is 1. The van der Waals surface area contributed by atoms with E-state index in [0.717, 1.165) is 54.6 Å². The molecule has 112 valence electrons. The number of nitrogens with two attached hydrogens (primary N) is 1. The molecule has 1 unspecified atom stereocenters. The molecule has 0 amide bonds. The highest BCUT2D eigenvalue weighted by Crippen LogP contribution is 2.31. The molecule has 4 heteroatoms. The van der Waals surface area contributed by atoms with Crippen molar-refractivity contribution in [3.63, 3.8) is 0 Å². The summed E-state index contributed by atoms with van der Waals surface area (Å²) in [5.74, 6) is 3.48. The first-order valence-corrected chi connectivity index (χ1v) is 7.77. The highest BCUT2D eigenvalue weighted by Gasteiger charge is 2.21. The van der Waals surface area contributed by atoms with Gasteiger partial charge < -0.3 is 15.0 Å². The number of fused-ring (bicyclic) bond motifs is 1. The lowest BCUT2D eigenvalue weighted by molar-refractivity contribution is 0.317. The molecule has 2 N–H and O–H groups in total. The molecule has 4 nitrogen and oxygen atoms in total. The van der Waals surface area contributed by atoms with E-state index in [4.69, 9.17) is 15.5 Å². The zero-order valence-electron chi connectivity index (χ0n) is 12.8. The van der Waals surface area contributed by atoms with Gasteiger partial charge in [0, 0.05) is 18.5 Å². The first-order valence-electron chi connectivity index (χ1n) is 7.77. The Bertz CT molecular complexity index is 616. The van der Waals surface area contributed by atoms with Gasteiger partial charge in [-0.3, -0.25) is 0 Å². The summed E-state index contributed by atoms with van der Waals surface area (Å²) in [7, 11) is 0. The Morgan fingerprint density at radius 2 is 2.10 bits per heavy atom. The van der Waals surface area contributed by atoms with E-state index in [9.17, 15) is 0 Å². The van der Waals surface area contributed by atoms with Crippen molar-refractivity contribution in [2.45, 2.75) is 39.7 Å². The van der Waals surface area contributed by atoms with E-state index in [1.807, 2.05) is 24.3 Å². The number of nitrogens with zero attached hydrogens (tertiary/aromatic N) is 2. The number of hydrogen-bond donors (Lipinski definition) is 1. The molecule has 21 heavy (non-hydrogen) atoms. The van der Waals surface area contributed by atoms with Gasteiger partial charge in [0.25, 0.3) is 0 Å². The lowest BCUT2D eigenvalue weighted by atomic mass is 10.0. The van der Waals surface area contributed by atoms with Crippen molar-refractivity contribution in [3.8, 4) is 17.0 Å². The van der Waals surface area contributed by atoms with Gasteiger partial charge in [-0.25, -0.2) is 4.98 Å². The van der Waals surface area contributed by atoms with Gasteiger partial charge in [-0.15, -0.1) is 0 Å². The van der Waals surface area contributed by atoms with Crippen LogP contribution in [-0.4, -0.2) is 16.2 Å².